The molecule has 3 aromatic rings. The molecule has 0 bridgehead atoms. The Balaban J connectivity index is 1.55. The molecule has 26 heavy (non-hydrogen) atoms. The van der Waals surface area contributed by atoms with Crippen molar-refractivity contribution < 1.29 is 13.6 Å². The zero-order valence-corrected chi connectivity index (χ0v) is 14.7. The van der Waals surface area contributed by atoms with E-state index in [9.17, 15) is 13.6 Å². The Hall–Kier alpha value is -2.80. The number of benzene rings is 2. The number of hydrogen-bond donors (Lipinski definition) is 1. The van der Waals surface area contributed by atoms with Gasteiger partial charge in [-0.2, -0.15) is 0 Å². The summed E-state index contributed by atoms with van der Waals surface area (Å²) in [7, 11) is 3.85. The minimum atomic E-state index is -0.786. The summed E-state index contributed by atoms with van der Waals surface area (Å²) in [6.07, 6.45) is 0.192. The summed E-state index contributed by atoms with van der Waals surface area (Å²) in [6.45, 7) is 1.07. The molecule has 0 radical (unpaired) electrons. The lowest BCUT2D eigenvalue weighted by Gasteiger charge is -2.16. The fourth-order valence-electron chi connectivity index (χ4n) is 2.75. The number of nitrogens with one attached hydrogen (secondary N) is 1. The topological polar surface area (TPSA) is 50.2 Å². The fourth-order valence-corrected chi connectivity index (χ4v) is 2.75. The van der Waals surface area contributed by atoms with E-state index in [4.69, 9.17) is 0 Å². The largest absolute Gasteiger partial charge is 0.330 e. The third-order valence-corrected chi connectivity index (χ3v) is 4.22. The Morgan fingerprint density at radius 3 is 2.73 bits per heavy atom. The van der Waals surface area contributed by atoms with Crippen molar-refractivity contribution in [3.63, 3.8) is 0 Å². The summed E-state index contributed by atoms with van der Waals surface area (Å²) in [5.41, 5.74) is 1.97. The number of hydrogen-bond acceptors (Lipinski definition) is 3. The molecule has 0 aliphatic carbocycles. The molecule has 3 rings (SSSR count). The van der Waals surface area contributed by atoms with Gasteiger partial charge in [-0.3, -0.25) is 9.69 Å². The fraction of sp³-hybridized carbons (Fsp3) is 0.263. The number of carbonyl (C=O) groups is 1. The van der Waals surface area contributed by atoms with Crippen molar-refractivity contribution in [2.45, 2.75) is 13.0 Å². The van der Waals surface area contributed by atoms with Gasteiger partial charge in [0, 0.05) is 26.1 Å². The van der Waals surface area contributed by atoms with Crippen LogP contribution in [-0.4, -0.2) is 34.0 Å². The molecule has 1 aromatic heterocycles. The van der Waals surface area contributed by atoms with Crippen LogP contribution in [0.3, 0.4) is 0 Å². The molecule has 0 saturated carbocycles. The number of fused-ring (bicyclic) bond motifs is 1. The van der Waals surface area contributed by atoms with Crippen LogP contribution in [0.5, 0.6) is 0 Å². The molecule has 0 fully saturated rings. The van der Waals surface area contributed by atoms with Crippen molar-refractivity contribution in [3.05, 3.63) is 59.9 Å². The summed E-state index contributed by atoms with van der Waals surface area (Å²) < 4.78 is 28.5. The maximum absolute atomic E-state index is 13.6. The molecular formula is C19H20F2N4O. The lowest BCUT2D eigenvalue weighted by molar-refractivity contribution is -0.116. The predicted molar refractivity (Wildman–Crippen MR) is 96.7 cm³/mol. The molecule has 0 atom stereocenters. The Bertz CT molecular complexity index is 938. The summed E-state index contributed by atoms with van der Waals surface area (Å²) >= 11 is 0. The molecule has 1 amide bonds. The van der Waals surface area contributed by atoms with Gasteiger partial charge in [0.05, 0.1) is 23.3 Å². The van der Waals surface area contributed by atoms with E-state index in [0.717, 1.165) is 29.0 Å². The number of halogens is 2. The first-order valence-corrected chi connectivity index (χ1v) is 8.28. The van der Waals surface area contributed by atoms with E-state index in [1.807, 2.05) is 47.8 Å². The van der Waals surface area contributed by atoms with Gasteiger partial charge in [-0.25, -0.2) is 13.8 Å². The monoisotopic (exact) mass is 358 g/mol. The van der Waals surface area contributed by atoms with Crippen LogP contribution in [-0.2, 0) is 18.4 Å². The highest BCUT2D eigenvalue weighted by Gasteiger charge is 2.12. The lowest BCUT2D eigenvalue weighted by atomic mass is 10.2. The van der Waals surface area contributed by atoms with E-state index >= 15 is 0 Å². The molecule has 136 valence electrons. The van der Waals surface area contributed by atoms with Crippen LogP contribution in [0, 0.1) is 11.6 Å². The molecule has 0 spiro atoms. The van der Waals surface area contributed by atoms with Gasteiger partial charge in [-0.1, -0.05) is 12.1 Å². The van der Waals surface area contributed by atoms with E-state index in [2.05, 4.69) is 10.3 Å². The second kappa shape index (κ2) is 7.61. The smallest absolute Gasteiger partial charge is 0.225 e. The average molecular weight is 358 g/mol. The number of anilines is 1. The molecule has 1 N–H and O–H groups in total. The van der Waals surface area contributed by atoms with Crippen molar-refractivity contribution >= 4 is 22.6 Å². The standard InChI is InChI=1S/C19H20F2N4O/c1-24(12-18-22-16-5-3-4-6-17(16)25(18)2)10-9-19(26)23-15-8-7-13(20)11-14(15)21/h3-8,11H,9-10,12H2,1-2H3,(H,23,26). The van der Waals surface area contributed by atoms with Crippen LogP contribution in [0.25, 0.3) is 11.0 Å². The predicted octanol–water partition coefficient (Wildman–Crippen LogP) is 3.31. The van der Waals surface area contributed by atoms with Crippen molar-refractivity contribution in [3.8, 4) is 0 Å². The zero-order chi connectivity index (χ0) is 18.7. The van der Waals surface area contributed by atoms with Gasteiger partial charge in [0.1, 0.15) is 17.5 Å². The Kier molecular flexibility index (Phi) is 5.27. The lowest BCUT2D eigenvalue weighted by Crippen LogP contribution is -2.25. The molecule has 2 aromatic carbocycles. The maximum Gasteiger partial charge on any atom is 0.225 e. The highest BCUT2D eigenvalue weighted by Crippen LogP contribution is 2.16. The minimum Gasteiger partial charge on any atom is -0.330 e. The molecule has 0 aliphatic rings. The molecule has 0 unspecified atom stereocenters. The van der Waals surface area contributed by atoms with Gasteiger partial charge in [0.25, 0.3) is 0 Å². The average Bonchev–Trinajstić information content (AvgIpc) is 2.92. The molecule has 7 heteroatoms. The van der Waals surface area contributed by atoms with Gasteiger partial charge in [0.15, 0.2) is 0 Å². The number of amides is 1. The number of rotatable bonds is 6. The second-order valence-corrected chi connectivity index (χ2v) is 6.24. The Morgan fingerprint density at radius 1 is 1.23 bits per heavy atom. The van der Waals surface area contributed by atoms with Gasteiger partial charge in [-0.05, 0) is 31.3 Å². The van der Waals surface area contributed by atoms with Crippen molar-refractivity contribution in [2.75, 3.05) is 18.9 Å². The minimum absolute atomic E-state index is 0.0191. The van der Waals surface area contributed by atoms with Crippen LogP contribution >= 0.6 is 0 Å². The number of aryl methyl sites for hydroxylation is 1. The van der Waals surface area contributed by atoms with E-state index in [1.54, 1.807) is 0 Å². The van der Waals surface area contributed by atoms with Gasteiger partial charge in [0.2, 0.25) is 5.91 Å². The Morgan fingerprint density at radius 2 is 2.00 bits per heavy atom. The first-order chi connectivity index (χ1) is 12.4. The van der Waals surface area contributed by atoms with Crippen molar-refractivity contribution in [2.24, 2.45) is 7.05 Å². The maximum atomic E-state index is 13.6. The third kappa shape index (κ3) is 4.05. The van der Waals surface area contributed by atoms with Gasteiger partial charge < -0.3 is 9.88 Å². The Labute approximate surface area is 150 Å². The summed E-state index contributed by atoms with van der Waals surface area (Å²) in [5.74, 6) is -0.889. The van der Waals surface area contributed by atoms with Crippen LogP contribution in [0.15, 0.2) is 42.5 Å². The number of carbonyl (C=O) groups excluding carboxylic acids is 1. The van der Waals surface area contributed by atoms with E-state index < -0.39 is 11.6 Å². The van der Waals surface area contributed by atoms with Crippen LogP contribution in [0.4, 0.5) is 14.5 Å². The summed E-state index contributed by atoms with van der Waals surface area (Å²) in [6, 6.07) is 11.0. The number of para-hydroxylation sites is 2. The van der Waals surface area contributed by atoms with E-state index in [0.29, 0.717) is 13.1 Å². The quantitative estimate of drug-likeness (QED) is 0.735. The molecule has 0 aliphatic heterocycles. The van der Waals surface area contributed by atoms with Gasteiger partial charge >= 0.3 is 0 Å². The zero-order valence-electron chi connectivity index (χ0n) is 14.7. The first-order valence-electron chi connectivity index (χ1n) is 8.28. The van der Waals surface area contributed by atoms with Crippen LogP contribution < -0.4 is 5.32 Å². The normalized spacial score (nSPS) is 11.3. The molecule has 5 nitrogen and oxygen atoms in total. The first kappa shape index (κ1) is 18.0. The number of nitrogens with zero attached hydrogens (tertiary/aromatic N) is 3. The molecule has 0 saturated heterocycles. The van der Waals surface area contributed by atoms with Crippen LogP contribution in [0.1, 0.15) is 12.2 Å². The highest BCUT2D eigenvalue weighted by molar-refractivity contribution is 5.90. The summed E-state index contributed by atoms with van der Waals surface area (Å²) in [5, 5.41) is 2.46. The van der Waals surface area contributed by atoms with Crippen molar-refractivity contribution in [1.29, 1.82) is 0 Å². The van der Waals surface area contributed by atoms with Gasteiger partial charge in [-0.15, -0.1) is 0 Å². The van der Waals surface area contributed by atoms with Crippen LogP contribution in [0.2, 0.25) is 0 Å². The highest BCUT2D eigenvalue weighted by atomic mass is 19.1. The van der Waals surface area contributed by atoms with E-state index in [-0.39, 0.29) is 18.0 Å². The third-order valence-electron chi connectivity index (χ3n) is 4.22. The summed E-state index contributed by atoms with van der Waals surface area (Å²) in [4.78, 5) is 18.6. The SMILES string of the molecule is CN(CCC(=O)Nc1ccc(F)cc1F)Cc1nc2ccccc2n1C. The second-order valence-electron chi connectivity index (χ2n) is 6.24. The molecule has 1 heterocycles. The van der Waals surface area contributed by atoms with Crippen molar-refractivity contribution in [1.82, 2.24) is 14.5 Å². The number of imidazole rings is 1. The number of aromatic nitrogens is 2. The molecular weight excluding hydrogens is 338 g/mol. The van der Waals surface area contributed by atoms with E-state index in [1.165, 1.54) is 6.07 Å².